The van der Waals surface area contributed by atoms with Crippen molar-refractivity contribution >= 4 is 42.6 Å². The number of sulfonamides is 1. The third-order valence-corrected chi connectivity index (χ3v) is 8.59. The Morgan fingerprint density at radius 1 is 0.973 bits per heavy atom. The van der Waals surface area contributed by atoms with Crippen molar-refractivity contribution in [1.82, 2.24) is 14.2 Å². The Morgan fingerprint density at radius 3 is 2.14 bits per heavy atom. The fraction of sp³-hybridized carbons (Fsp3) is 0.481. The van der Waals surface area contributed by atoms with Crippen LogP contribution in [0.3, 0.4) is 0 Å². The Morgan fingerprint density at radius 2 is 1.59 bits per heavy atom. The molecule has 0 unspecified atom stereocenters. The van der Waals surface area contributed by atoms with Crippen LogP contribution in [-0.4, -0.2) is 75.9 Å². The van der Waals surface area contributed by atoms with Gasteiger partial charge in [0, 0.05) is 31.7 Å². The van der Waals surface area contributed by atoms with Crippen LogP contribution in [0.2, 0.25) is 0 Å². The van der Waals surface area contributed by atoms with E-state index in [2.05, 4.69) is 0 Å². The van der Waals surface area contributed by atoms with Gasteiger partial charge < -0.3 is 9.64 Å². The maximum atomic E-state index is 13.6. The first-order chi connectivity index (χ1) is 17.4. The zero-order valence-electron chi connectivity index (χ0n) is 22.8. The summed E-state index contributed by atoms with van der Waals surface area (Å²) in [6, 6.07) is 11.9. The summed E-state index contributed by atoms with van der Waals surface area (Å²) in [6.45, 7) is 10.0. The van der Waals surface area contributed by atoms with Crippen molar-refractivity contribution in [2.24, 2.45) is 11.8 Å². The molecule has 0 aliphatic heterocycles. The molecule has 0 aliphatic carbocycles. The van der Waals surface area contributed by atoms with Crippen LogP contribution in [0.4, 0.5) is 5.13 Å². The fourth-order valence-electron chi connectivity index (χ4n) is 3.88. The van der Waals surface area contributed by atoms with Gasteiger partial charge in [-0.1, -0.05) is 39.0 Å². The molecule has 1 amide bonds. The first kappa shape index (κ1) is 29.0. The van der Waals surface area contributed by atoms with Gasteiger partial charge in [0.05, 0.1) is 22.2 Å². The van der Waals surface area contributed by atoms with Gasteiger partial charge in [-0.3, -0.25) is 9.69 Å². The molecule has 10 heteroatoms. The second-order valence-corrected chi connectivity index (χ2v) is 13.2. The second kappa shape index (κ2) is 12.3. The quantitative estimate of drug-likeness (QED) is 0.324. The van der Waals surface area contributed by atoms with E-state index in [1.807, 2.05) is 64.9 Å². The third-order valence-electron chi connectivity index (χ3n) is 5.71. The van der Waals surface area contributed by atoms with Crippen LogP contribution < -0.4 is 9.64 Å². The van der Waals surface area contributed by atoms with Gasteiger partial charge >= 0.3 is 0 Å². The Kier molecular flexibility index (Phi) is 9.68. The minimum atomic E-state index is -3.67. The van der Waals surface area contributed by atoms with Crippen LogP contribution >= 0.6 is 11.3 Å². The van der Waals surface area contributed by atoms with Crippen molar-refractivity contribution in [3.63, 3.8) is 0 Å². The van der Waals surface area contributed by atoms with Gasteiger partial charge in [-0.25, -0.2) is 13.4 Å². The van der Waals surface area contributed by atoms with Crippen LogP contribution in [0, 0.1) is 11.8 Å². The Bertz CT molecular complexity index is 1290. The second-order valence-electron chi connectivity index (χ2n) is 10.2. The zero-order chi connectivity index (χ0) is 27.3. The van der Waals surface area contributed by atoms with E-state index in [1.165, 1.54) is 27.8 Å². The van der Waals surface area contributed by atoms with E-state index >= 15 is 0 Å². The summed E-state index contributed by atoms with van der Waals surface area (Å²) in [6.07, 6.45) is 0. The van der Waals surface area contributed by atoms with E-state index in [0.29, 0.717) is 36.9 Å². The number of benzene rings is 2. The summed E-state index contributed by atoms with van der Waals surface area (Å²) in [5, 5.41) is 0.590. The number of thiazole rings is 1. The Hall–Kier alpha value is -2.53. The molecule has 1 heterocycles. The summed E-state index contributed by atoms with van der Waals surface area (Å²) in [5.74, 6) is 0.912. The number of aromatic nitrogens is 1. The van der Waals surface area contributed by atoms with Crippen molar-refractivity contribution in [3.8, 4) is 5.75 Å². The molecule has 8 nitrogen and oxygen atoms in total. The molecule has 202 valence electrons. The maximum Gasteiger partial charge on any atom is 0.260 e. The van der Waals surface area contributed by atoms with Crippen molar-refractivity contribution in [2.45, 2.75) is 32.6 Å². The molecule has 0 atom stereocenters. The molecule has 0 fully saturated rings. The minimum Gasteiger partial charge on any atom is -0.497 e. The average molecular weight is 547 g/mol. The van der Waals surface area contributed by atoms with E-state index in [9.17, 15) is 13.2 Å². The number of ether oxygens (including phenoxy) is 1. The number of anilines is 1. The molecule has 0 bridgehead atoms. The van der Waals surface area contributed by atoms with Crippen LogP contribution in [0.15, 0.2) is 47.4 Å². The van der Waals surface area contributed by atoms with Gasteiger partial charge in [-0.05, 0) is 68.4 Å². The molecule has 2 aromatic carbocycles. The first-order valence-electron chi connectivity index (χ1n) is 12.4. The van der Waals surface area contributed by atoms with Gasteiger partial charge in [0.2, 0.25) is 10.0 Å². The molecule has 0 aliphatic rings. The highest BCUT2D eigenvalue weighted by atomic mass is 32.2. The van der Waals surface area contributed by atoms with Gasteiger partial charge in [0.25, 0.3) is 5.91 Å². The number of likely N-dealkylation sites (N-methyl/N-ethyl adjacent to an activating group) is 1. The van der Waals surface area contributed by atoms with Crippen LogP contribution in [0.5, 0.6) is 5.75 Å². The molecule has 3 aromatic rings. The molecule has 0 radical (unpaired) electrons. The lowest BCUT2D eigenvalue weighted by Crippen LogP contribution is -2.37. The van der Waals surface area contributed by atoms with Crippen LogP contribution in [-0.2, 0) is 10.0 Å². The van der Waals surface area contributed by atoms with Crippen LogP contribution in [0.25, 0.3) is 10.2 Å². The lowest BCUT2D eigenvalue weighted by Gasteiger charge is -2.26. The van der Waals surface area contributed by atoms with E-state index < -0.39 is 10.0 Å². The monoisotopic (exact) mass is 546 g/mol. The molecular weight excluding hydrogens is 508 g/mol. The number of hydrogen-bond acceptors (Lipinski definition) is 7. The number of amides is 1. The highest BCUT2D eigenvalue weighted by molar-refractivity contribution is 7.89. The number of methoxy groups -OCH3 is 1. The van der Waals surface area contributed by atoms with Crippen LogP contribution in [0.1, 0.15) is 38.1 Å². The van der Waals surface area contributed by atoms with E-state index in [1.54, 1.807) is 24.1 Å². The molecule has 0 N–H and O–H groups in total. The summed E-state index contributed by atoms with van der Waals surface area (Å²) in [7, 11) is 1.84. The van der Waals surface area contributed by atoms with E-state index in [-0.39, 0.29) is 22.6 Å². The summed E-state index contributed by atoms with van der Waals surface area (Å²) < 4.78 is 34.5. The Balaban J connectivity index is 1.92. The third kappa shape index (κ3) is 7.28. The molecule has 0 saturated carbocycles. The summed E-state index contributed by atoms with van der Waals surface area (Å²) in [4.78, 5) is 22.2. The van der Waals surface area contributed by atoms with E-state index in [4.69, 9.17) is 9.72 Å². The number of carbonyl (C=O) groups is 1. The lowest BCUT2D eigenvalue weighted by molar-refractivity contribution is 0.0985. The van der Waals surface area contributed by atoms with Gasteiger partial charge in [0.1, 0.15) is 5.75 Å². The fourth-order valence-corrected chi connectivity index (χ4v) is 6.66. The summed E-state index contributed by atoms with van der Waals surface area (Å²) in [5.41, 5.74) is 1.20. The standard InChI is InChI=1S/C27H38N4O4S2/c1-19(2)17-30(18-20(3)4)37(33,34)23-11-8-21(9-12-23)26(32)31(15-14-29(5)6)27-28-24-13-10-22(35-7)16-25(24)36-27/h8-13,16,19-20H,14-15,17-18H2,1-7H3. The average Bonchev–Trinajstić information content (AvgIpc) is 3.25. The first-order valence-corrected chi connectivity index (χ1v) is 14.7. The molecule has 3 rings (SSSR count). The molecule has 37 heavy (non-hydrogen) atoms. The Labute approximate surface area is 224 Å². The number of rotatable bonds is 12. The largest absolute Gasteiger partial charge is 0.497 e. The minimum absolute atomic E-state index is 0.192. The molecule has 0 spiro atoms. The topological polar surface area (TPSA) is 83.0 Å². The highest BCUT2D eigenvalue weighted by Gasteiger charge is 2.27. The normalized spacial score (nSPS) is 12.3. The lowest BCUT2D eigenvalue weighted by atomic mass is 10.2. The number of nitrogens with zero attached hydrogens (tertiary/aromatic N) is 4. The number of fused-ring (bicyclic) bond motifs is 1. The maximum absolute atomic E-state index is 13.6. The molecule has 0 saturated heterocycles. The smallest absolute Gasteiger partial charge is 0.260 e. The number of hydrogen-bond donors (Lipinski definition) is 0. The molecular formula is C27H38N4O4S2. The van der Waals surface area contributed by atoms with Gasteiger partial charge in [0.15, 0.2) is 5.13 Å². The van der Waals surface area contributed by atoms with Crippen molar-refractivity contribution < 1.29 is 17.9 Å². The van der Waals surface area contributed by atoms with E-state index in [0.717, 1.165) is 16.0 Å². The number of carbonyl (C=O) groups excluding carboxylic acids is 1. The van der Waals surface area contributed by atoms with Crippen molar-refractivity contribution in [2.75, 3.05) is 52.3 Å². The predicted molar refractivity (Wildman–Crippen MR) is 151 cm³/mol. The SMILES string of the molecule is COc1ccc2nc(N(CCN(C)C)C(=O)c3ccc(S(=O)(=O)N(CC(C)C)CC(C)C)cc3)sc2c1. The summed E-state index contributed by atoms with van der Waals surface area (Å²) >= 11 is 1.43. The van der Waals surface area contributed by atoms with Crippen molar-refractivity contribution in [3.05, 3.63) is 48.0 Å². The highest BCUT2D eigenvalue weighted by Crippen LogP contribution is 2.32. The van der Waals surface area contributed by atoms with Crippen molar-refractivity contribution in [1.29, 1.82) is 0 Å². The zero-order valence-corrected chi connectivity index (χ0v) is 24.4. The van der Waals surface area contributed by atoms with Gasteiger partial charge in [-0.2, -0.15) is 4.31 Å². The molecule has 1 aromatic heterocycles. The predicted octanol–water partition coefficient (Wildman–Crippen LogP) is 4.82. The van der Waals surface area contributed by atoms with Gasteiger partial charge in [-0.15, -0.1) is 0 Å².